The molecule has 2 aromatic carbocycles. The van der Waals surface area contributed by atoms with Gasteiger partial charge in [-0.2, -0.15) is 0 Å². The second-order valence-electron chi connectivity index (χ2n) is 4.80. The van der Waals surface area contributed by atoms with Gasteiger partial charge in [0.15, 0.2) is 11.4 Å². The van der Waals surface area contributed by atoms with Crippen molar-refractivity contribution in [2.45, 2.75) is 13.8 Å². The number of nitrogens with zero attached hydrogens (tertiary/aromatic N) is 3. The number of rotatable bonds is 2. The Hall–Kier alpha value is -2.69. The van der Waals surface area contributed by atoms with Gasteiger partial charge in [-0.15, -0.1) is 5.10 Å². The van der Waals surface area contributed by atoms with E-state index in [0.717, 1.165) is 22.5 Å². The fourth-order valence-electron chi connectivity index (χ4n) is 1.95. The van der Waals surface area contributed by atoms with Crippen molar-refractivity contribution in [2.24, 2.45) is 0 Å². The van der Waals surface area contributed by atoms with Gasteiger partial charge in [-0.25, -0.2) is 4.79 Å². The van der Waals surface area contributed by atoms with Gasteiger partial charge in [-0.05, 0) is 47.6 Å². The van der Waals surface area contributed by atoms with E-state index in [0.29, 0.717) is 0 Å². The molecule has 1 aromatic heterocycles. The fraction of sp³-hybridized carbons (Fsp3) is 0.133. The van der Waals surface area contributed by atoms with Crippen molar-refractivity contribution in [3.05, 3.63) is 70.1 Å². The lowest BCUT2D eigenvalue weighted by Gasteiger charge is -1.94. The highest BCUT2D eigenvalue weighted by molar-refractivity contribution is 5.32. The summed E-state index contributed by atoms with van der Waals surface area (Å²) >= 11 is 0. The number of aromatic nitrogens is 4. The summed E-state index contributed by atoms with van der Waals surface area (Å²) in [5.41, 5.74) is 3.59. The molecule has 0 saturated carbocycles. The van der Waals surface area contributed by atoms with Crippen molar-refractivity contribution >= 4 is 0 Å². The van der Waals surface area contributed by atoms with Crippen molar-refractivity contribution in [1.29, 1.82) is 0 Å². The van der Waals surface area contributed by atoms with Gasteiger partial charge in [0.2, 0.25) is 0 Å². The number of tetrazole rings is 1. The largest absolute Gasteiger partial charge is 0.471 e. The smallest absolute Gasteiger partial charge is 0.214 e. The Morgan fingerprint density at radius 1 is 0.950 bits per heavy atom. The van der Waals surface area contributed by atoms with Crippen molar-refractivity contribution in [3.63, 3.8) is 0 Å². The van der Waals surface area contributed by atoms with E-state index >= 15 is 0 Å². The standard InChI is InChI=1S/C15H14N4O/c1-11-3-7-13(8-4-11)18-15(20)16-19(17-18)14-9-5-12(2)6-10-14/h3-10H,1-2H3/p+1. The highest BCUT2D eigenvalue weighted by Crippen LogP contribution is 2.05. The molecule has 0 unspecified atom stereocenters. The quantitative estimate of drug-likeness (QED) is 0.715. The van der Waals surface area contributed by atoms with Crippen LogP contribution < -0.4 is 10.5 Å². The van der Waals surface area contributed by atoms with E-state index in [9.17, 15) is 4.79 Å². The van der Waals surface area contributed by atoms with Crippen LogP contribution in [0.5, 0.6) is 0 Å². The van der Waals surface area contributed by atoms with Crippen molar-refractivity contribution in [2.75, 3.05) is 0 Å². The maximum Gasteiger partial charge on any atom is 0.471 e. The van der Waals surface area contributed by atoms with E-state index in [2.05, 4.69) is 10.3 Å². The van der Waals surface area contributed by atoms with Crippen LogP contribution in [0.25, 0.3) is 11.4 Å². The van der Waals surface area contributed by atoms with Crippen LogP contribution in [-0.4, -0.2) is 15.0 Å². The van der Waals surface area contributed by atoms with Gasteiger partial charge in [0.25, 0.3) is 0 Å². The van der Waals surface area contributed by atoms with Gasteiger partial charge in [0, 0.05) is 0 Å². The molecular weight excluding hydrogens is 252 g/mol. The van der Waals surface area contributed by atoms with E-state index in [4.69, 9.17) is 0 Å². The maximum absolute atomic E-state index is 12.0. The zero-order valence-electron chi connectivity index (χ0n) is 11.4. The molecule has 0 aliphatic rings. The van der Waals surface area contributed by atoms with Gasteiger partial charge in [0.05, 0.1) is 0 Å². The van der Waals surface area contributed by atoms with Crippen LogP contribution in [0.3, 0.4) is 0 Å². The third-order valence-electron chi connectivity index (χ3n) is 3.13. The fourth-order valence-corrected chi connectivity index (χ4v) is 1.95. The van der Waals surface area contributed by atoms with Crippen LogP contribution >= 0.6 is 0 Å². The molecule has 0 amide bonds. The minimum absolute atomic E-state index is 0.269. The first-order chi connectivity index (χ1) is 9.63. The highest BCUT2D eigenvalue weighted by Gasteiger charge is 2.16. The molecule has 0 atom stereocenters. The molecule has 20 heavy (non-hydrogen) atoms. The average Bonchev–Trinajstić information content (AvgIpc) is 2.82. The van der Waals surface area contributed by atoms with E-state index in [1.54, 1.807) is 0 Å². The van der Waals surface area contributed by atoms with E-state index < -0.39 is 0 Å². The second-order valence-corrected chi connectivity index (χ2v) is 4.80. The molecule has 1 N–H and O–H groups in total. The summed E-state index contributed by atoms with van der Waals surface area (Å²) in [6.45, 7) is 4.02. The van der Waals surface area contributed by atoms with Gasteiger partial charge in [0.1, 0.15) is 5.21 Å². The molecule has 0 spiro atoms. The summed E-state index contributed by atoms with van der Waals surface area (Å²) in [7, 11) is 0. The molecule has 3 aromatic rings. The number of H-pyrrole nitrogens is 1. The predicted molar refractivity (Wildman–Crippen MR) is 75.2 cm³/mol. The first kappa shape index (κ1) is 12.3. The first-order valence-electron chi connectivity index (χ1n) is 6.39. The summed E-state index contributed by atoms with van der Waals surface area (Å²) < 4.78 is 1.35. The minimum Gasteiger partial charge on any atom is -0.214 e. The number of aryl methyl sites for hydroxylation is 2. The molecule has 0 radical (unpaired) electrons. The van der Waals surface area contributed by atoms with E-state index in [-0.39, 0.29) is 5.69 Å². The van der Waals surface area contributed by atoms with Gasteiger partial charge < -0.3 is 0 Å². The normalized spacial score (nSPS) is 10.7. The molecule has 5 heteroatoms. The SMILES string of the molecule is Cc1ccc(-n2n[n+](-c3ccc(C)cc3)[nH]c2=O)cc1. The molecule has 1 heterocycles. The molecule has 0 fully saturated rings. The molecule has 0 saturated heterocycles. The first-order valence-corrected chi connectivity index (χ1v) is 6.39. The van der Waals surface area contributed by atoms with Gasteiger partial charge in [-0.1, -0.05) is 35.4 Å². The monoisotopic (exact) mass is 267 g/mol. The lowest BCUT2D eigenvalue weighted by molar-refractivity contribution is -0.718. The Balaban J connectivity index is 2.05. The van der Waals surface area contributed by atoms with Crippen molar-refractivity contribution < 1.29 is 4.80 Å². The maximum atomic E-state index is 12.0. The molecule has 5 nitrogen and oxygen atoms in total. The van der Waals surface area contributed by atoms with Gasteiger partial charge in [-0.3, -0.25) is 0 Å². The topological polar surface area (TPSA) is 54.6 Å². The molecule has 3 rings (SSSR count). The molecule has 0 aliphatic heterocycles. The van der Waals surface area contributed by atoms with Crippen LogP contribution in [0.1, 0.15) is 11.1 Å². The summed E-state index contributed by atoms with van der Waals surface area (Å²) in [6.07, 6.45) is 0. The lowest BCUT2D eigenvalue weighted by Crippen LogP contribution is -2.37. The number of benzene rings is 2. The lowest BCUT2D eigenvalue weighted by atomic mass is 10.2. The Labute approximate surface area is 116 Å². The highest BCUT2D eigenvalue weighted by atomic mass is 16.2. The summed E-state index contributed by atoms with van der Waals surface area (Å²) in [4.78, 5) is 13.5. The number of hydrogen-bond acceptors (Lipinski definition) is 2. The zero-order chi connectivity index (χ0) is 14.1. The molecule has 0 aliphatic carbocycles. The number of nitrogens with one attached hydrogen (secondary N) is 1. The third kappa shape index (κ3) is 2.25. The molecular formula is C15H15N4O+. The predicted octanol–water partition coefficient (Wildman–Crippen LogP) is 1.45. The zero-order valence-corrected chi connectivity index (χ0v) is 11.4. The van der Waals surface area contributed by atoms with Crippen LogP contribution in [0.4, 0.5) is 0 Å². The average molecular weight is 267 g/mol. The van der Waals surface area contributed by atoms with Crippen LogP contribution in [-0.2, 0) is 0 Å². The van der Waals surface area contributed by atoms with E-state index in [1.807, 2.05) is 62.4 Å². The second kappa shape index (κ2) is 4.77. The molecule has 100 valence electrons. The van der Waals surface area contributed by atoms with Crippen LogP contribution in [0.2, 0.25) is 0 Å². The van der Waals surface area contributed by atoms with Crippen molar-refractivity contribution in [1.82, 2.24) is 15.0 Å². The number of hydrogen-bond donors (Lipinski definition) is 1. The Bertz CT molecular complexity index is 782. The third-order valence-corrected chi connectivity index (χ3v) is 3.13. The van der Waals surface area contributed by atoms with E-state index in [1.165, 1.54) is 9.48 Å². The Morgan fingerprint density at radius 2 is 1.50 bits per heavy atom. The summed E-state index contributed by atoms with van der Waals surface area (Å²) in [5.74, 6) is 0. The van der Waals surface area contributed by atoms with Crippen LogP contribution in [0.15, 0.2) is 53.3 Å². The summed E-state index contributed by atoms with van der Waals surface area (Å²) in [5, 5.41) is 6.98. The Kier molecular flexibility index (Phi) is 2.95. The number of aromatic amines is 1. The van der Waals surface area contributed by atoms with Gasteiger partial charge >= 0.3 is 5.69 Å². The molecule has 0 bridgehead atoms. The summed E-state index contributed by atoms with van der Waals surface area (Å²) in [6, 6.07) is 15.4. The van der Waals surface area contributed by atoms with Crippen molar-refractivity contribution in [3.8, 4) is 11.4 Å². The Morgan fingerprint density at radius 3 is 2.10 bits per heavy atom. The minimum atomic E-state index is -0.269. The van der Waals surface area contributed by atoms with Crippen LogP contribution in [0, 0.1) is 13.8 Å².